The van der Waals surface area contributed by atoms with Gasteiger partial charge >= 0.3 is 0 Å². The van der Waals surface area contributed by atoms with Crippen LogP contribution in [0.3, 0.4) is 0 Å². The van der Waals surface area contributed by atoms with Crippen LogP contribution in [0.1, 0.15) is 23.6 Å². The summed E-state index contributed by atoms with van der Waals surface area (Å²) in [7, 11) is -3.97. The molecule has 1 amide bonds. The van der Waals surface area contributed by atoms with Crippen LogP contribution >= 0.6 is 11.6 Å². The van der Waals surface area contributed by atoms with E-state index in [1.54, 1.807) is 60.7 Å². The Labute approximate surface area is 205 Å². The summed E-state index contributed by atoms with van der Waals surface area (Å²) in [5.74, 6) is 0.158. The Morgan fingerprint density at radius 3 is 2.38 bits per heavy atom. The minimum absolute atomic E-state index is 0.0636. The van der Waals surface area contributed by atoms with Crippen LogP contribution in [0, 0.1) is 6.92 Å². The van der Waals surface area contributed by atoms with Gasteiger partial charge in [-0.1, -0.05) is 47.5 Å². The molecule has 0 saturated carbocycles. The SMILES string of the molecule is CCOc1ccc(/C=N\NC(=O)CN(Cc2ccccc2Cl)S(=O)(=O)c2ccc(C)cc2)cc1. The van der Waals surface area contributed by atoms with Crippen LogP contribution in [0.4, 0.5) is 0 Å². The van der Waals surface area contributed by atoms with E-state index in [0.29, 0.717) is 17.2 Å². The minimum Gasteiger partial charge on any atom is -0.494 e. The fraction of sp³-hybridized carbons (Fsp3) is 0.200. The average molecular weight is 500 g/mol. The van der Waals surface area contributed by atoms with Gasteiger partial charge in [0.2, 0.25) is 10.0 Å². The third-order valence-corrected chi connectivity index (χ3v) is 7.05. The summed E-state index contributed by atoms with van der Waals surface area (Å²) in [4.78, 5) is 12.7. The molecular formula is C25H26ClN3O4S. The van der Waals surface area contributed by atoms with Crippen molar-refractivity contribution in [2.75, 3.05) is 13.2 Å². The Balaban J connectivity index is 1.75. The number of aryl methyl sites for hydroxylation is 1. The Morgan fingerprint density at radius 1 is 1.06 bits per heavy atom. The lowest BCUT2D eigenvalue weighted by Crippen LogP contribution is -2.39. The highest BCUT2D eigenvalue weighted by molar-refractivity contribution is 7.89. The third kappa shape index (κ3) is 6.90. The first-order chi connectivity index (χ1) is 16.3. The van der Waals surface area contributed by atoms with Crippen molar-refractivity contribution in [1.82, 2.24) is 9.73 Å². The molecule has 34 heavy (non-hydrogen) atoms. The zero-order valence-corrected chi connectivity index (χ0v) is 20.5. The van der Waals surface area contributed by atoms with E-state index in [4.69, 9.17) is 16.3 Å². The number of hydrogen-bond acceptors (Lipinski definition) is 5. The lowest BCUT2D eigenvalue weighted by atomic mass is 10.2. The number of hydrazone groups is 1. The lowest BCUT2D eigenvalue weighted by molar-refractivity contribution is -0.121. The third-order valence-electron chi connectivity index (χ3n) is 4.88. The molecule has 0 aliphatic carbocycles. The molecule has 7 nitrogen and oxygen atoms in total. The number of halogens is 1. The largest absolute Gasteiger partial charge is 0.494 e. The summed E-state index contributed by atoms with van der Waals surface area (Å²) in [5.41, 5.74) is 4.67. The summed E-state index contributed by atoms with van der Waals surface area (Å²) in [6, 6.07) is 20.6. The van der Waals surface area contributed by atoms with Gasteiger partial charge in [-0.2, -0.15) is 9.41 Å². The number of carbonyl (C=O) groups excluding carboxylic acids is 1. The molecule has 0 aromatic heterocycles. The molecule has 0 saturated heterocycles. The fourth-order valence-corrected chi connectivity index (χ4v) is 4.66. The van der Waals surface area contributed by atoms with E-state index in [2.05, 4.69) is 10.5 Å². The van der Waals surface area contributed by atoms with Crippen molar-refractivity contribution in [2.24, 2.45) is 5.10 Å². The van der Waals surface area contributed by atoms with E-state index in [1.165, 1.54) is 18.3 Å². The van der Waals surface area contributed by atoms with Crippen molar-refractivity contribution in [1.29, 1.82) is 0 Å². The number of nitrogens with zero attached hydrogens (tertiary/aromatic N) is 2. The molecule has 3 aromatic carbocycles. The van der Waals surface area contributed by atoms with Gasteiger partial charge in [-0.15, -0.1) is 0 Å². The number of hydrogen-bond donors (Lipinski definition) is 1. The van der Waals surface area contributed by atoms with Crippen LogP contribution < -0.4 is 10.2 Å². The van der Waals surface area contributed by atoms with Crippen LogP contribution in [-0.4, -0.2) is 38.0 Å². The molecule has 0 bridgehead atoms. The maximum atomic E-state index is 13.3. The van der Waals surface area contributed by atoms with Crippen molar-refractivity contribution in [3.05, 3.63) is 94.5 Å². The van der Waals surface area contributed by atoms with E-state index in [0.717, 1.165) is 21.2 Å². The first-order valence-electron chi connectivity index (χ1n) is 10.6. The zero-order valence-electron chi connectivity index (χ0n) is 18.9. The molecule has 1 N–H and O–H groups in total. The molecular weight excluding hydrogens is 474 g/mol. The smallest absolute Gasteiger partial charge is 0.255 e. The molecule has 9 heteroatoms. The predicted molar refractivity (Wildman–Crippen MR) is 134 cm³/mol. The molecule has 3 aromatic rings. The molecule has 0 atom stereocenters. The fourth-order valence-electron chi connectivity index (χ4n) is 3.09. The Bertz CT molecular complexity index is 1240. The number of rotatable bonds is 10. The zero-order chi connectivity index (χ0) is 24.6. The van der Waals surface area contributed by atoms with Gasteiger partial charge in [0.05, 0.1) is 24.3 Å². The highest BCUT2D eigenvalue weighted by Crippen LogP contribution is 2.22. The number of amides is 1. The number of benzene rings is 3. The van der Waals surface area contributed by atoms with E-state index >= 15 is 0 Å². The van der Waals surface area contributed by atoms with Crippen molar-refractivity contribution < 1.29 is 17.9 Å². The number of ether oxygens (including phenoxy) is 1. The summed E-state index contributed by atoms with van der Waals surface area (Å²) < 4.78 is 33.1. The average Bonchev–Trinajstić information content (AvgIpc) is 2.81. The number of nitrogens with one attached hydrogen (secondary N) is 1. The second-order valence-corrected chi connectivity index (χ2v) is 9.82. The molecule has 0 unspecified atom stereocenters. The van der Waals surface area contributed by atoms with Crippen LogP contribution in [0.2, 0.25) is 5.02 Å². The van der Waals surface area contributed by atoms with Gasteiger partial charge in [0, 0.05) is 11.6 Å². The van der Waals surface area contributed by atoms with Gasteiger partial charge in [-0.05, 0) is 67.4 Å². The summed E-state index contributed by atoms with van der Waals surface area (Å²) in [5, 5.41) is 4.37. The maximum Gasteiger partial charge on any atom is 0.255 e. The van der Waals surface area contributed by atoms with Crippen molar-refractivity contribution in [3.8, 4) is 5.75 Å². The molecule has 0 fully saturated rings. The van der Waals surface area contributed by atoms with E-state index < -0.39 is 22.5 Å². The monoisotopic (exact) mass is 499 g/mol. The van der Waals surface area contributed by atoms with Crippen molar-refractivity contribution >= 4 is 33.7 Å². The van der Waals surface area contributed by atoms with Crippen LogP contribution in [0.25, 0.3) is 0 Å². The molecule has 0 aliphatic heterocycles. The van der Waals surface area contributed by atoms with Gasteiger partial charge in [0.25, 0.3) is 5.91 Å². The standard InChI is InChI=1S/C25H26ClN3O4S/c1-3-33-22-12-10-20(11-13-22)16-27-28-25(30)18-29(17-21-6-4-5-7-24(21)26)34(31,32)23-14-8-19(2)9-15-23/h4-16H,3,17-18H2,1-2H3,(H,28,30)/b27-16-. The summed E-state index contributed by atoms with van der Waals surface area (Å²) >= 11 is 6.25. The van der Waals surface area contributed by atoms with Gasteiger partial charge in [-0.25, -0.2) is 13.8 Å². The topological polar surface area (TPSA) is 88.1 Å². The summed E-state index contributed by atoms with van der Waals surface area (Å²) in [6.07, 6.45) is 1.47. The second-order valence-electron chi connectivity index (χ2n) is 7.47. The number of sulfonamides is 1. The van der Waals surface area contributed by atoms with Gasteiger partial charge in [0.15, 0.2) is 0 Å². The van der Waals surface area contributed by atoms with Gasteiger partial charge in [-0.3, -0.25) is 4.79 Å². The maximum absolute atomic E-state index is 13.3. The Morgan fingerprint density at radius 2 is 1.74 bits per heavy atom. The highest BCUT2D eigenvalue weighted by atomic mass is 35.5. The first-order valence-corrected chi connectivity index (χ1v) is 12.5. The van der Waals surface area contributed by atoms with E-state index in [-0.39, 0.29) is 11.4 Å². The predicted octanol–water partition coefficient (Wildman–Crippen LogP) is 4.39. The quantitative estimate of drug-likeness (QED) is 0.331. The Kier molecular flexibility index (Phi) is 8.81. The van der Waals surface area contributed by atoms with Gasteiger partial charge in [0.1, 0.15) is 5.75 Å². The van der Waals surface area contributed by atoms with Crippen molar-refractivity contribution in [2.45, 2.75) is 25.3 Å². The molecule has 0 heterocycles. The molecule has 3 rings (SSSR count). The van der Waals surface area contributed by atoms with Crippen LogP contribution in [0.15, 0.2) is 82.8 Å². The van der Waals surface area contributed by atoms with E-state index in [1.807, 2.05) is 13.8 Å². The summed E-state index contributed by atoms with van der Waals surface area (Å²) in [6.45, 7) is 3.85. The lowest BCUT2D eigenvalue weighted by Gasteiger charge is -2.22. The molecule has 0 spiro atoms. The van der Waals surface area contributed by atoms with Crippen molar-refractivity contribution in [3.63, 3.8) is 0 Å². The Hall–Kier alpha value is -3.20. The van der Waals surface area contributed by atoms with Gasteiger partial charge < -0.3 is 4.74 Å². The normalized spacial score (nSPS) is 11.6. The first kappa shape index (κ1) is 25.4. The molecule has 0 aliphatic rings. The highest BCUT2D eigenvalue weighted by Gasteiger charge is 2.27. The van der Waals surface area contributed by atoms with E-state index in [9.17, 15) is 13.2 Å². The molecule has 0 radical (unpaired) electrons. The second kappa shape index (κ2) is 11.8. The van der Waals surface area contributed by atoms with Crippen LogP contribution in [-0.2, 0) is 21.4 Å². The minimum atomic E-state index is -3.97. The number of carbonyl (C=O) groups is 1. The van der Waals surface area contributed by atoms with Crippen LogP contribution in [0.5, 0.6) is 5.75 Å². The molecule has 178 valence electrons.